The lowest BCUT2D eigenvalue weighted by Crippen LogP contribution is -2.08. The van der Waals surface area contributed by atoms with Crippen molar-refractivity contribution in [1.29, 1.82) is 0 Å². The number of ether oxygens (including phenoxy) is 1. The molecular weight excluding hydrogens is 244 g/mol. The molecule has 1 aromatic carbocycles. The second kappa shape index (κ2) is 5.50. The number of thiazole rings is 1. The zero-order valence-corrected chi connectivity index (χ0v) is 11.8. The van der Waals surface area contributed by atoms with Gasteiger partial charge >= 0.3 is 0 Å². The average molecular weight is 262 g/mol. The highest BCUT2D eigenvalue weighted by atomic mass is 32.1. The number of nitrogens with two attached hydrogens (primary N) is 1. The van der Waals surface area contributed by atoms with Gasteiger partial charge in [-0.2, -0.15) is 0 Å². The van der Waals surface area contributed by atoms with Gasteiger partial charge < -0.3 is 10.5 Å². The van der Waals surface area contributed by atoms with Gasteiger partial charge in [-0.25, -0.2) is 4.98 Å². The Morgan fingerprint density at radius 3 is 2.78 bits per heavy atom. The Morgan fingerprint density at radius 1 is 1.39 bits per heavy atom. The van der Waals surface area contributed by atoms with Crippen LogP contribution in [0.5, 0.6) is 5.75 Å². The molecular formula is C14H18N2OS. The first-order valence-electron chi connectivity index (χ1n) is 5.96. The summed E-state index contributed by atoms with van der Waals surface area (Å²) in [7, 11) is 0. The summed E-state index contributed by atoms with van der Waals surface area (Å²) in [5, 5.41) is 3.02. The van der Waals surface area contributed by atoms with Crippen LogP contribution in [0.4, 0.5) is 0 Å². The Kier molecular flexibility index (Phi) is 3.99. The Balaban J connectivity index is 2.13. The first kappa shape index (κ1) is 13.1. The fourth-order valence-corrected chi connectivity index (χ4v) is 2.45. The highest BCUT2D eigenvalue weighted by molar-refractivity contribution is 7.09. The van der Waals surface area contributed by atoms with Crippen LogP contribution in [0.2, 0.25) is 0 Å². The van der Waals surface area contributed by atoms with Gasteiger partial charge in [0, 0.05) is 22.7 Å². The van der Waals surface area contributed by atoms with E-state index in [9.17, 15) is 0 Å². The summed E-state index contributed by atoms with van der Waals surface area (Å²) in [4.78, 5) is 4.38. The molecule has 1 aromatic heterocycles. The molecule has 18 heavy (non-hydrogen) atoms. The van der Waals surface area contributed by atoms with Gasteiger partial charge in [-0.1, -0.05) is 17.7 Å². The molecule has 0 aliphatic heterocycles. The predicted molar refractivity (Wildman–Crippen MR) is 75.0 cm³/mol. The van der Waals surface area contributed by atoms with Crippen LogP contribution in [0.3, 0.4) is 0 Å². The average Bonchev–Trinajstić information content (AvgIpc) is 2.73. The fourth-order valence-electron chi connectivity index (χ4n) is 1.76. The number of aromatic nitrogens is 1. The fraction of sp³-hybridized carbons (Fsp3) is 0.357. The Hall–Kier alpha value is -1.39. The van der Waals surface area contributed by atoms with Gasteiger partial charge in [-0.3, -0.25) is 0 Å². The van der Waals surface area contributed by atoms with E-state index in [1.807, 2.05) is 31.4 Å². The van der Waals surface area contributed by atoms with Gasteiger partial charge in [-0.15, -0.1) is 11.3 Å². The monoisotopic (exact) mass is 262 g/mol. The third-order valence-electron chi connectivity index (χ3n) is 2.67. The van der Waals surface area contributed by atoms with E-state index in [1.165, 1.54) is 5.56 Å². The molecule has 2 N–H and O–H groups in total. The summed E-state index contributed by atoms with van der Waals surface area (Å²) in [5.74, 6) is 0.850. The highest BCUT2D eigenvalue weighted by Crippen LogP contribution is 2.26. The third kappa shape index (κ3) is 3.09. The first-order valence-corrected chi connectivity index (χ1v) is 6.84. The van der Waals surface area contributed by atoms with Crippen molar-refractivity contribution in [3.8, 4) is 5.75 Å². The van der Waals surface area contributed by atoms with Crippen LogP contribution in [0.25, 0.3) is 0 Å². The molecule has 0 spiro atoms. The summed E-state index contributed by atoms with van der Waals surface area (Å²) in [6.07, 6.45) is 0. The van der Waals surface area contributed by atoms with Crippen LogP contribution in [0.1, 0.15) is 34.8 Å². The third-order valence-corrected chi connectivity index (χ3v) is 3.61. The topological polar surface area (TPSA) is 48.1 Å². The van der Waals surface area contributed by atoms with Crippen molar-refractivity contribution in [2.45, 2.75) is 33.4 Å². The van der Waals surface area contributed by atoms with Crippen LogP contribution < -0.4 is 10.5 Å². The molecule has 0 aliphatic carbocycles. The standard InChI is InChI=1S/C14H18N2OS/c1-9-4-5-13(12(6-9)11(3)15)17-7-14-16-10(2)8-18-14/h4-6,8,11H,7,15H2,1-3H3/t11-/m1/s1. The van der Waals surface area contributed by atoms with E-state index in [2.05, 4.69) is 18.0 Å². The SMILES string of the molecule is Cc1ccc(OCc2nc(C)cs2)c([C@@H](C)N)c1. The van der Waals surface area contributed by atoms with Crippen molar-refractivity contribution >= 4 is 11.3 Å². The van der Waals surface area contributed by atoms with Crippen LogP contribution in [0.15, 0.2) is 23.6 Å². The Labute approximate surface area is 112 Å². The van der Waals surface area contributed by atoms with Gasteiger partial charge in [0.25, 0.3) is 0 Å². The van der Waals surface area contributed by atoms with Gasteiger partial charge in [-0.05, 0) is 26.8 Å². The van der Waals surface area contributed by atoms with Crippen LogP contribution in [-0.2, 0) is 6.61 Å². The van der Waals surface area contributed by atoms with Crippen LogP contribution in [-0.4, -0.2) is 4.98 Å². The van der Waals surface area contributed by atoms with E-state index in [0.717, 1.165) is 22.0 Å². The van der Waals surface area contributed by atoms with Crippen molar-refractivity contribution in [3.05, 3.63) is 45.4 Å². The van der Waals surface area contributed by atoms with Gasteiger partial charge in [0.05, 0.1) is 0 Å². The normalized spacial score (nSPS) is 12.4. The summed E-state index contributed by atoms with van der Waals surface area (Å²) in [5.41, 5.74) is 9.24. The molecule has 2 rings (SSSR count). The molecule has 0 saturated carbocycles. The summed E-state index contributed by atoms with van der Waals surface area (Å²) in [6, 6.07) is 6.06. The smallest absolute Gasteiger partial charge is 0.140 e. The molecule has 0 radical (unpaired) electrons. The van der Waals surface area contributed by atoms with E-state index in [0.29, 0.717) is 6.61 Å². The van der Waals surface area contributed by atoms with E-state index in [4.69, 9.17) is 10.5 Å². The summed E-state index contributed by atoms with van der Waals surface area (Å²) < 4.78 is 5.82. The number of aryl methyl sites for hydroxylation is 2. The lowest BCUT2D eigenvalue weighted by atomic mass is 10.1. The quantitative estimate of drug-likeness (QED) is 0.919. The molecule has 96 valence electrons. The maximum Gasteiger partial charge on any atom is 0.140 e. The minimum Gasteiger partial charge on any atom is -0.486 e. The molecule has 0 aliphatic rings. The molecule has 2 aromatic rings. The van der Waals surface area contributed by atoms with Crippen molar-refractivity contribution < 1.29 is 4.74 Å². The van der Waals surface area contributed by atoms with Crippen molar-refractivity contribution in [3.63, 3.8) is 0 Å². The second-order valence-electron chi connectivity index (χ2n) is 4.50. The lowest BCUT2D eigenvalue weighted by molar-refractivity contribution is 0.300. The Bertz CT molecular complexity index is 534. The molecule has 1 heterocycles. The van der Waals surface area contributed by atoms with Crippen molar-refractivity contribution in [1.82, 2.24) is 4.98 Å². The van der Waals surface area contributed by atoms with E-state index in [-0.39, 0.29) is 6.04 Å². The molecule has 4 heteroatoms. The summed E-state index contributed by atoms with van der Waals surface area (Å²) >= 11 is 1.62. The maximum absolute atomic E-state index is 5.96. The minimum atomic E-state index is -0.0297. The first-order chi connectivity index (χ1) is 8.56. The maximum atomic E-state index is 5.96. The molecule has 3 nitrogen and oxygen atoms in total. The van der Waals surface area contributed by atoms with Gasteiger partial charge in [0.2, 0.25) is 0 Å². The predicted octanol–water partition coefficient (Wildman–Crippen LogP) is 3.36. The molecule has 0 fully saturated rings. The van der Waals surface area contributed by atoms with E-state index < -0.39 is 0 Å². The second-order valence-corrected chi connectivity index (χ2v) is 5.44. The number of hydrogen-bond donors (Lipinski definition) is 1. The number of hydrogen-bond acceptors (Lipinski definition) is 4. The minimum absolute atomic E-state index is 0.0297. The van der Waals surface area contributed by atoms with Crippen LogP contribution in [0, 0.1) is 13.8 Å². The van der Waals surface area contributed by atoms with E-state index >= 15 is 0 Å². The van der Waals surface area contributed by atoms with Gasteiger partial charge in [0.15, 0.2) is 0 Å². The van der Waals surface area contributed by atoms with E-state index in [1.54, 1.807) is 11.3 Å². The zero-order chi connectivity index (χ0) is 13.1. The molecule has 0 saturated heterocycles. The number of nitrogens with zero attached hydrogens (tertiary/aromatic N) is 1. The summed E-state index contributed by atoms with van der Waals surface area (Å²) in [6.45, 7) is 6.51. The zero-order valence-electron chi connectivity index (χ0n) is 10.9. The molecule has 0 unspecified atom stereocenters. The molecule has 0 bridgehead atoms. The molecule has 1 atom stereocenters. The molecule has 0 amide bonds. The number of benzene rings is 1. The largest absolute Gasteiger partial charge is 0.486 e. The number of rotatable bonds is 4. The lowest BCUT2D eigenvalue weighted by Gasteiger charge is -2.14. The highest BCUT2D eigenvalue weighted by Gasteiger charge is 2.09. The van der Waals surface area contributed by atoms with Crippen LogP contribution >= 0.6 is 11.3 Å². The van der Waals surface area contributed by atoms with Gasteiger partial charge in [0.1, 0.15) is 17.4 Å². The Morgan fingerprint density at radius 2 is 2.17 bits per heavy atom. The van der Waals surface area contributed by atoms with Crippen molar-refractivity contribution in [2.24, 2.45) is 5.73 Å². The van der Waals surface area contributed by atoms with Crippen molar-refractivity contribution in [2.75, 3.05) is 0 Å².